The first-order chi connectivity index (χ1) is 20.3. The second-order valence-electron chi connectivity index (χ2n) is 10.8. The van der Waals surface area contributed by atoms with Crippen molar-refractivity contribution in [2.24, 2.45) is 0 Å². The number of rotatable bonds is 7. The van der Waals surface area contributed by atoms with Gasteiger partial charge in [-0.25, -0.2) is 14.2 Å². The van der Waals surface area contributed by atoms with Crippen molar-refractivity contribution in [3.8, 4) is 17.0 Å². The molecule has 2 aromatic heterocycles. The molecule has 42 heavy (non-hydrogen) atoms. The third kappa shape index (κ3) is 6.47. The Bertz CT molecular complexity index is 1630. The SMILES string of the molecule is CC1COc2c1cc(CCNC(=O)c1cc(NC(=O)NC3(C)CC3)c3ncccc3c1)nc2-c1ccc(F)cc1.OS. The maximum Gasteiger partial charge on any atom is 0.319 e. The number of fused-ring (bicyclic) bond motifs is 2. The van der Waals surface area contributed by atoms with E-state index < -0.39 is 0 Å². The van der Waals surface area contributed by atoms with Crippen molar-refractivity contribution >= 4 is 41.4 Å². The number of benzene rings is 2. The Labute approximate surface area is 248 Å². The fraction of sp³-hybridized carbons (Fsp3) is 0.290. The van der Waals surface area contributed by atoms with E-state index in [0.29, 0.717) is 42.0 Å². The number of hydrogen-bond donors (Lipinski definition) is 5. The van der Waals surface area contributed by atoms with Gasteiger partial charge in [-0.15, -0.1) is 0 Å². The summed E-state index contributed by atoms with van der Waals surface area (Å²) in [5.74, 6) is 0.368. The first kappa shape index (κ1) is 29.3. The zero-order chi connectivity index (χ0) is 29.9. The molecule has 2 aliphatic rings. The van der Waals surface area contributed by atoms with E-state index in [1.165, 1.54) is 12.1 Å². The van der Waals surface area contributed by atoms with Crippen LogP contribution in [-0.2, 0) is 6.42 Å². The molecule has 3 heterocycles. The normalized spacial score (nSPS) is 16.0. The van der Waals surface area contributed by atoms with Gasteiger partial charge in [-0.2, -0.15) is 0 Å². The maximum absolute atomic E-state index is 13.5. The second kappa shape index (κ2) is 12.3. The van der Waals surface area contributed by atoms with Gasteiger partial charge in [-0.1, -0.05) is 13.0 Å². The number of anilines is 1. The zero-order valence-electron chi connectivity index (χ0n) is 23.3. The molecule has 0 saturated heterocycles. The van der Waals surface area contributed by atoms with Gasteiger partial charge < -0.3 is 25.2 Å². The van der Waals surface area contributed by atoms with Crippen LogP contribution in [0.4, 0.5) is 14.9 Å². The largest absolute Gasteiger partial charge is 0.490 e. The molecule has 1 fully saturated rings. The van der Waals surface area contributed by atoms with Crippen LogP contribution in [0, 0.1) is 5.82 Å². The molecule has 218 valence electrons. The van der Waals surface area contributed by atoms with Crippen molar-refractivity contribution in [1.82, 2.24) is 20.6 Å². The van der Waals surface area contributed by atoms with E-state index in [4.69, 9.17) is 14.3 Å². The molecule has 4 aromatic rings. The highest BCUT2D eigenvalue weighted by atomic mass is 32.1. The number of nitrogens with one attached hydrogen (secondary N) is 3. The molecule has 1 unspecified atom stereocenters. The number of amides is 3. The molecule has 1 aliphatic carbocycles. The molecule has 2 aromatic carbocycles. The summed E-state index contributed by atoms with van der Waals surface area (Å²) < 4.78 is 26.1. The highest BCUT2D eigenvalue weighted by Gasteiger charge is 2.38. The minimum atomic E-state index is -0.317. The lowest BCUT2D eigenvalue weighted by molar-refractivity contribution is 0.0954. The van der Waals surface area contributed by atoms with E-state index >= 15 is 0 Å². The molecule has 9 nitrogen and oxygen atoms in total. The Morgan fingerprint density at radius 2 is 1.90 bits per heavy atom. The van der Waals surface area contributed by atoms with Gasteiger partial charge in [0.2, 0.25) is 0 Å². The Morgan fingerprint density at radius 1 is 1.14 bits per heavy atom. The van der Waals surface area contributed by atoms with E-state index in [1.807, 2.05) is 19.1 Å². The Hall–Kier alpha value is -4.22. The van der Waals surface area contributed by atoms with Crippen LogP contribution in [0.3, 0.4) is 0 Å². The van der Waals surface area contributed by atoms with Gasteiger partial charge in [0.1, 0.15) is 17.3 Å². The molecular formula is C31H32FN5O4S. The molecule has 6 rings (SSSR count). The van der Waals surface area contributed by atoms with Crippen molar-refractivity contribution < 1.29 is 23.3 Å². The third-order valence-electron chi connectivity index (χ3n) is 7.48. The lowest BCUT2D eigenvalue weighted by atomic mass is 9.99. The number of halogens is 1. The lowest BCUT2D eigenvalue weighted by Gasteiger charge is -2.15. The fourth-order valence-corrected chi connectivity index (χ4v) is 4.92. The third-order valence-corrected chi connectivity index (χ3v) is 7.48. The smallest absolute Gasteiger partial charge is 0.319 e. The number of carbonyl (C=O) groups is 2. The monoisotopic (exact) mass is 589 g/mol. The van der Waals surface area contributed by atoms with Crippen molar-refractivity contribution in [2.75, 3.05) is 18.5 Å². The molecule has 1 saturated carbocycles. The van der Waals surface area contributed by atoms with Crippen LogP contribution in [0.5, 0.6) is 5.75 Å². The lowest BCUT2D eigenvalue weighted by Crippen LogP contribution is -2.37. The zero-order valence-corrected chi connectivity index (χ0v) is 24.2. The quantitative estimate of drug-likeness (QED) is 0.134. The van der Waals surface area contributed by atoms with Crippen LogP contribution in [0.15, 0.2) is 60.8 Å². The number of thiol groups is 1. The fourth-order valence-electron chi connectivity index (χ4n) is 4.92. The summed E-state index contributed by atoms with van der Waals surface area (Å²) in [4.78, 5) is 35.0. The summed E-state index contributed by atoms with van der Waals surface area (Å²) in [7, 11) is 0. The van der Waals surface area contributed by atoms with Crippen LogP contribution < -0.4 is 20.7 Å². The number of nitrogens with zero attached hydrogens (tertiary/aromatic N) is 2. The molecule has 1 atom stereocenters. The number of ether oxygens (including phenoxy) is 1. The number of aromatic nitrogens is 2. The predicted molar refractivity (Wildman–Crippen MR) is 163 cm³/mol. The van der Waals surface area contributed by atoms with Gasteiger partial charge in [-0.3, -0.25) is 9.78 Å². The van der Waals surface area contributed by atoms with Crippen LogP contribution in [0.25, 0.3) is 22.2 Å². The van der Waals surface area contributed by atoms with Crippen LogP contribution in [-0.4, -0.2) is 45.1 Å². The van der Waals surface area contributed by atoms with Crippen LogP contribution >= 0.6 is 12.9 Å². The maximum atomic E-state index is 13.5. The van der Waals surface area contributed by atoms with Gasteiger partial charge in [0, 0.05) is 58.4 Å². The molecule has 1 aliphatic heterocycles. The summed E-state index contributed by atoms with van der Waals surface area (Å²) in [6.07, 6.45) is 4.04. The highest BCUT2D eigenvalue weighted by Crippen LogP contribution is 2.41. The minimum absolute atomic E-state index is 0.172. The Morgan fingerprint density at radius 3 is 2.64 bits per heavy atom. The molecule has 11 heteroatoms. The molecule has 4 N–H and O–H groups in total. The minimum Gasteiger partial charge on any atom is -0.490 e. The highest BCUT2D eigenvalue weighted by molar-refractivity contribution is 7.74. The number of carbonyl (C=O) groups excluding carboxylic acids is 2. The molecule has 0 spiro atoms. The first-order valence-corrected chi connectivity index (χ1v) is 14.1. The van der Waals surface area contributed by atoms with Gasteiger partial charge in [0.15, 0.2) is 0 Å². The van der Waals surface area contributed by atoms with E-state index in [2.05, 4.69) is 40.8 Å². The van der Waals surface area contributed by atoms with E-state index in [-0.39, 0.29) is 29.2 Å². The van der Waals surface area contributed by atoms with E-state index in [1.54, 1.807) is 36.5 Å². The van der Waals surface area contributed by atoms with Gasteiger partial charge in [-0.05, 0) is 81.2 Å². The summed E-state index contributed by atoms with van der Waals surface area (Å²) in [6.45, 7) is 5.02. The van der Waals surface area contributed by atoms with Crippen LogP contribution in [0.1, 0.15) is 54.2 Å². The van der Waals surface area contributed by atoms with E-state index in [0.717, 1.165) is 40.8 Å². The predicted octanol–water partition coefficient (Wildman–Crippen LogP) is 5.97. The molecular weight excluding hydrogens is 557 g/mol. The molecule has 0 bridgehead atoms. The molecule has 3 amide bonds. The second-order valence-corrected chi connectivity index (χ2v) is 10.8. The first-order valence-electron chi connectivity index (χ1n) is 13.7. The summed E-state index contributed by atoms with van der Waals surface area (Å²) in [5, 5.41) is 9.57. The van der Waals surface area contributed by atoms with Gasteiger partial charge >= 0.3 is 6.03 Å². The number of hydrogen-bond acceptors (Lipinski definition) is 7. The summed E-state index contributed by atoms with van der Waals surface area (Å²) >= 11 is 2.53. The topological polar surface area (TPSA) is 125 Å². The van der Waals surface area contributed by atoms with E-state index in [9.17, 15) is 14.0 Å². The van der Waals surface area contributed by atoms with Crippen molar-refractivity contribution in [3.63, 3.8) is 0 Å². The number of urea groups is 1. The average molecular weight is 590 g/mol. The van der Waals surface area contributed by atoms with Gasteiger partial charge in [0.25, 0.3) is 5.91 Å². The number of pyridine rings is 2. The summed E-state index contributed by atoms with van der Waals surface area (Å²) in [6, 6.07) is 15.0. The summed E-state index contributed by atoms with van der Waals surface area (Å²) in [5.41, 5.74) is 4.67. The standard InChI is InChI=1S/C31H30FN5O3.H2OS/c1-18-17-40-28-24(18)16-23(35-27(28)19-5-7-22(32)8-6-19)9-13-34-29(38)21-14-20-4-3-12-33-26(20)25(15-21)36-30(39)37-31(2)10-11-31;1-2/h3-8,12,14-16,18H,9-11,13,17H2,1-2H3,(H,34,38)(H2,36,37,39);1-2H. The average Bonchev–Trinajstić information content (AvgIpc) is 3.60. The van der Waals surface area contributed by atoms with Crippen molar-refractivity contribution in [2.45, 2.75) is 44.6 Å². The Kier molecular flexibility index (Phi) is 8.60. The van der Waals surface area contributed by atoms with Crippen LogP contribution in [0.2, 0.25) is 0 Å². The van der Waals surface area contributed by atoms with Gasteiger partial charge in [0.05, 0.1) is 17.8 Å². The van der Waals surface area contributed by atoms with Crippen molar-refractivity contribution in [3.05, 3.63) is 83.4 Å². The van der Waals surface area contributed by atoms with Crippen molar-refractivity contribution in [1.29, 1.82) is 0 Å². The molecule has 0 radical (unpaired) electrons. The Balaban J connectivity index is 0.00000173.